The number of hydrogen-bond donors (Lipinski definition) is 0. The number of nitrogens with zero attached hydrogens (tertiary/aromatic N) is 2. The normalized spacial score (nSPS) is 20.6. The van der Waals surface area contributed by atoms with Crippen LogP contribution in [0.25, 0.3) is 0 Å². The lowest BCUT2D eigenvalue weighted by Crippen LogP contribution is -2.61. The second-order valence-electron chi connectivity index (χ2n) is 19.5. The molecule has 0 unspecified atom stereocenters. The van der Waals surface area contributed by atoms with Crippen LogP contribution in [0.5, 0.6) is 0 Å². The molecule has 0 amide bonds. The number of benzene rings is 5. The molecule has 286 valence electrons. The Kier molecular flexibility index (Phi) is 7.77. The Morgan fingerprint density at radius 2 is 0.789 bits per heavy atom. The summed E-state index contributed by atoms with van der Waals surface area (Å²) >= 11 is 0. The highest BCUT2D eigenvalue weighted by Crippen LogP contribution is 2.53. The lowest BCUT2D eigenvalue weighted by molar-refractivity contribution is 0.444. The fraction of sp³-hybridized carbons (Fsp3) is 0.444. The fourth-order valence-corrected chi connectivity index (χ4v) is 13.9. The minimum Gasteiger partial charge on any atom is -0.311 e. The molecule has 8 aliphatic rings. The van der Waals surface area contributed by atoms with Gasteiger partial charge in [0.1, 0.15) is 0 Å². The predicted molar refractivity (Wildman–Crippen MR) is 240 cm³/mol. The summed E-state index contributed by atoms with van der Waals surface area (Å²) in [6, 6.07) is 28.7. The van der Waals surface area contributed by atoms with Gasteiger partial charge in [-0.3, -0.25) is 0 Å². The van der Waals surface area contributed by atoms with E-state index in [2.05, 4.69) is 76.5 Å². The van der Waals surface area contributed by atoms with Gasteiger partial charge < -0.3 is 9.80 Å². The van der Waals surface area contributed by atoms with E-state index < -0.39 is 0 Å². The van der Waals surface area contributed by atoms with Gasteiger partial charge in [0.05, 0.1) is 11.4 Å². The van der Waals surface area contributed by atoms with Gasteiger partial charge in [-0.15, -0.1) is 0 Å². The van der Waals surface area contributed by atoms with E-state index in [0.717, 1.165) is 0 Å². The zero-order chi connectivity index (χ0) is 37.2. The van der Waals surface area contributed by atoms with Gasteiger partial charge in [0.15, 0.2) is 0 Å². The van der Waals surface area contributed by atoms with Crippen molar-refractivity contribution in [3.8, 4) is 0 Å². The van der Waals surface area contributed by atoms with Crippen LogP contribution in [-0.4, -0.2) is 6.71 Å². The van der Waals surface area contributed by atoms with Crippen molar-refractivity contribution in [2.24, 2.45) is 0 Å². The first-order valence-corrected chi connectivity index (χ1v) is 23.6. The molecule has 57 heavy (non-hydrogen) atoms. The summed E-state index contributed by atoms with van der Waals surface area (Å²) < 4.78 is 0. The third-order valence-electron chi connectivity index (χ3n) is 16.5. The summed E-state index contributed by atoms with van der Waals surface area (Å²) in [6.45, 7) is 0.226. The molecule has 13 rings (SSSR count). The van der Waals surface area contributed by atoms with E-state index in [1.807, 2.05) is 0 Å². The lowest BCUT2D eigenvalue weighted by atomic mass is 9.33. The average molecular weight is 745 g/mol. The SMILES string of the molecule is c1cc2c3c(c1)N(c1c4c(cc5c1CCC5)CCC4)c1cc(C4CCCCC4)ccc1B3c1ccc(C3CCCCC3)cc1N2c1c2c(cc3c1CCC3)CCC2. The van der Waals surface area contributed by atoms with Gasteiger partial charge in [0.25, 0.3) is 6.71 Å². The number of fused-ring (bicyclic) bond motifs is 8. The molecule has 0 bridgehead atoms. The molecule has 2 aliphatic heterocycles. The first-order valence-electron chi connectivity index (χ1n) is 23.6. The second-order valence-corrected chi connectivity index (χ2v) is 19.5. The fourth-order valence-electron chi connectivity index (χ4n) is 13.9. The van der Waals surface area contributed by atoms with Crippen LogP contribution in [0.2, 0.25) is 0 Å². The zero-order valence-electron chi connectivity index (χ0n) is 34.0. The van der Waals surface area contributed by atoms with Crippen LogP contribution in [-0.2, 0) is 51.4 Å². The van der Waals surface area contributed by atoms with Crippen LogP contribution in [0.15, 0.2) is 66.7 Å². The maximum absolute atomic E-state index is 2.88. The highest BCUT2D eigenvalue weighted by atomic mass is 15.2. The van der Waals surface area contributed by atoms with Gasteiger partial charge >= 0.3 is 0 Å². The Morgan fingerprint density at radius 3 is 1.19 bits per heavy atom. The summed E-state index contributed by atoms with van der Waals surface area (Å²) in [5.41, 5.74) is 30.0. The van der Waals surface area contributed by atoms with Crippen molar-refractivity contribution in [2.45, 2.75) is 153 Å². The van der Waals surface area contributed by atoms with Gasteiger partial charge in [-0.25, -0.2) is 0 Å². The summed E-state index contributed by atoms with van der Waals surface area (Å²) in [7, 11) is 0. The molecule has 0 atom stereocenters. The van der Waals surface area contributed by atoms with E-state index in [1.165, 1.54) is 175 Å². The summed E-state index contributed by atoms with van der Waals surface area (Å²) in [5, 5.41) is 0. The molecular formula is C54H57BN2. The summed E-state index contributed by atoms with van der Waals surface area (Å²) in [4.78, 5) is 5.76. The molecule has 2 saturated carbocycles. The molecule has 2 nitrogen and oxygen atoms in total. The first-order chi connectivity index (χ1) is 28.3. The number of hydrogen-bond acceptors (Lipinski definition) is 2. The lowest BCUT2D eigenvalue weighted by Gasteiger charge is -2.46. The number of anilines is 6. The van der Waals surface area contributed by atoms with E-state index >= 15 is 0 Å². The molecule has 0 radical (unpaired) electrons. The quantitative estimate of drug-likeness (QED) is 0.166. The van der Waals surface area contributed by atoms with Crippen LogP contribution in [0.3, 0.4) is 0 Å². The van der Waals surface area contributed by atoms with E-state index in [9.17, 15) is 0 Å². The smallest absolute Gasteiger partial charge is 0.252 e. The molecule has 6 aliphatic carbocycles. The van der Waals surface area contributed by atoms with Gasteiger partial charge in [0.2, 0.25) is 0 Å². The van der Waals surface area contributed by atoms with Crippen molar-refractivity contribution >= 4 is 57.2 Å². The van der Waals surface area contributed by atoms with E-state index in [0.29, 0.717) is 11.8 Å². The molecule has 3 heteroatoms. The largest absolute Gasteiger partial charge is 0.311 e. The molecule has 0 N–H and O–H groups in total. The maximum atomic E-state index is 2.88. The minimum absolute atomic E-state index is 0.226. The minimum atomic E-state index is 0.226. The molecule has 0 aromatic heterocycles. The predicted octanol–water partition coefficient (Wildman–Crippen LogP) is 11.8. The maximum Gasteiger partial charge on any atom is 0.252 e. The Labute approximate surface area is 341 Å². The number of rotatable bonds is 4. The zero-order valence-corrected chi connectivity index (χ0v) is 34.0. The Bertz CT molecular complexity index is 2250. The second kappa shape index (κ2) is 13.1. The average Bonchev–Trinajstić information content (AvgIpc) is 4.11. The van der Waals surface area contributed by atoms with Crippen LogP contribution in [0.4, 0.5) is 34.1 Å². The van der Waals surface area contributed by atoms with E-state index in [-0.39, 0.29) is 6.71 Å². The van der Waals surface area contributed by atoms with Crippen LogP contribution in [0, 0.1) is 0 Å². The third-order valence-corrected chi connectivity index (χ3v) is 16.5. The van der Waals surface area contributed by atoms with Crippen molar-refractivity contribution < 1.29 is 0 Å². The van der Waals surface area contributed by atoms with Crippen molar-refractivity contribution in [1.82, 2.24) is 0 Å². The number of aryl methyl sites for hydroxylation is 4. The first kappa shape index (κ1) is 33.7. The molecule has 2 fully saturated rings. The van der Waals surface area contributed by atoms with E-state index in [1.54, 1.807) is 72.5 Å². The van der Waals surface area contributed by atoms with E-state index in [4.69, 9.17) is 0 Å². The van der Waals surface area contributed by atoms with Crippen LogP contribution < -0.4 is 26.2 Å². The highest BCUT2D eigenvalue weighted by Gasteiger charge is 2.46. The highest BCUT2D eigenvalue weighted by molar-refractivity contribution is 7.00. The molecule has 5 aromatic rings. The van der Waals surface area contributed by atoms with Gasteiger partial charge in [0, 0.05) is 22.7 Å². The molecule has 0 saturated heterocycles. The van der Waals surface area contributed by atoms with Crippen molar-refractivity contribution in [3.63, 3.8) is 0 Å². The molecule has 5 aromatic carbocycles. The third kappa shape index (κ3) is 5.02. The van der Waals surface area contributed by atoms with Crippen molar-refractivity contribution in [3.05, 3.63) is 122 Å². The Balaban J connectivity index is 1.10. The summed E-state index contributed by atoms with van der Waals surface area (Å²) in [6.07, 6.45) is 28.6. The van der Waals surface area contributed by atoms with Crippen molar-refractivity contribution in [1.29, 1.82) is 0 Å². The monoisotopic (exact) mass is 744 g/mol. The standard InChI is InChI=1S/C54H57BN2/c1-3-12-34(13-4-1)36-26-28-46-50(32-36)56(53-42-20-7-16-38(42)30-39-17-8-21-43(39)53)48-24-11-25-49-52(48)55(46)47-29-27-37(35-14-5-2-6-15-35)33-51(47)57(49)54-44-22-9-18-40(44)31-41-19-10-23-45(41)54/h11,24-35H,1-10,12-23H2. The van der Waals surface area contributed by atoms with Gasteiger partial charge in [-0.1, -0.05) is 81.0 Å². The Hall–Kier alpha value is -4.24. The van der Waals surface area contributed by atoms with Crippen LogP contribution in [0.1, 0.15) is 157 Å². The van der Waals surface area contributed by atoms with Gasteiger partial charge in [-0.05, 0) is 211 Å². The summed E-state index contributed by atoms with van der Waals surface area (Å²) in [5.74, 6) is 1.36. The molecule has 2 heterocycles. The van der Waals surface area contributed by atoms with Gasteiger partial charge in [-0.2, -0.15) is 0 Å². The molecular weight excluding hydrogens is 687 g/mol. The molecule has 0 spiro atoms. The topological polar surface area (TPSA) is 6.48 Å². The van der Waals surface area contributed by atoms with Crippen LogP contribution >= 0.6 is 0 Å². The van der Waals surface area contributed by atoms with Crippen molar-refractivity contribution in [2.75, 3.05) is 9.80 Å². The Morgan fingerprint density at radius 1 is 0.386 bits per heavy atom.